The molecule has 188 valence electrons. The van der Waals surface area contributed by atoms with Crippen molar-refractivity contribution in [1.82, 2.24) is 29.6 Å². The van der Waals surface area contributed by atoms with Crippen molar-refractivity contribution in [2.24, 2.45) is 0 Å². The van der Waals surface area contributed by atoms with Crippen LogP contribution in [0.4, 0.5) is 11.6 Å². The molecule has 1 unspecified atom stereocenters. The third-order valence-corrected chi connectivity index (χ3v) is 6.90. The van der Waals surface area contributed by atoms with Crippen molar-refractivity contribution in [2.75, 3.05) is 17.6 Å². The Morgan fingerprint density at radius 2 is 1.95 bits per heavy atom. The van der Waals surface area contributed by atoms with Crippen molar-refractivity contribution >= 4 is 34.5 Å². The minimum absolute atomic E-state index is 0.0881. The molecule has 0 aliphatic carbocycles. The van der Waals surface area contributed by atoms with Gasteiger partial charge in [0.25, 0.3) is 5.91 Å². The molecule has 5 rings (SSSR count). The van der Waals surface area contributed by atoms with E-state index in [9.17, 15) is 9.59 Å². The minimum Gasteiger partial charge on any atom is -0.383 e. The zero-order valence-corrected chi connectivity index (χ0v) is 20.8. The summed E-state index contributed by atoms with van der Waals surface area (Å²) in [6.07, 6.45) is 6.09. The van der Waals surface area contributed by atoms with Gasteiger partial charge in [-0.3, -0.25) is 9.59 Å². The second kappa shape index (κ2) is 9.81. The third kappa shape index (κ3) is 4.42. The van der Waals surface area contributed by atoms with Gasteiger partial charge >= 0.3 is 0 Å². The molecule has 10 nitrogen and oxygen atoms in total. The maximum absolute atomic E-state index is 12.8. The van der Waals surface area contributed by atoms with Crippen LogP contribution >= 0.6 is 0 Å². The van der Waals surface area contributed by atoms with E-state index in [0.29, 0.717) is 40.5 Å². The number of fused-ring (bicyclic) bond motifs is 1. The minimum atomic E-state index is -0.255. The number of aryl methyl sites for hydroxylation is 1. The Labute approximate surface area is 214 Å². The molecular formula is C27H28N8O2. The third-order valence-electron chi connectivity index (χ3n) is 6.90. The first-order valence-corrected chi connectivity index (χ1v) is 12.1. The number of nitrogen functional groups attached to an aromatic ring is 1. The summed E-state index contributed by atoms with van der Waals surface area (Å²) >= 11 is 0. The van der Waals surface area contributed by atoms with Crippen LogP contribution in [0.2, 0.25) is 0 Å². The van der Waals surface area contributed by atoms with Crippen molar-refractivity contribution in [3.05, 3.63) is 72.7 Å². The second-order valence-corrected chi connectivity index (χ2v) is 9.14. The topological polar surface area (TPSA) is 132 Å². The highest BCUT2D eigenvalue weighted by molar-refractivity contribution is 6.05. The van der Waals surface area contributed by atoms with E-state index >= 15 is 0 Å². The SMILES string of the molecule is C=CC(=O)N1CCCC(n2nc(-c3ccc(C(=O)Nc4ncccc4C)cc3)c3c(N)ncnc32)[C@H]1C. The normalized spacial score (nSPS) is 17.5. The molecule has 4 heterocycles. The predicted octanol–water partition coefficient (Wildman–Crippen LogP) is 3.77. The van der Waals surface area contributed by atoms with Gasteiger partial charge in [-0.05, 0) is 56.5 Å². The Balaban J connectivity index is 1.49. The van der Waals surface area contributed by atoms with E-state index in [-0.39, 0.29) is 23.9 Å². The summed E-state index contributed by atoms with van der Waals surface area (Å²) in [6, 6.07) is 10.7. The molecular weight excluding hydrogens is 468 g/mol. The van der Waals surface area contributed by atoms with Crippen LogP contribution in [0.3, 0.4) is 0 Å². The first-order chi connectivity index (χ1) is 17.9. The maximum Gasteiger partial charge on any atom is 0.256 e. The number of nitrogens with zero attached hydrogens (tertiary/aromatic N) is 6. The van der Waals surface area contributed by atoms with E-state index in [0.717, 1.165) is 24.0 Å². The molecule has 3 aromatic heterocycles. The predicted molar refractivity (Wildman–Crippen MR) is 142 cm³/mol. The number of pyridine rings is 1. The average Bonchev–Trinajstić information content (AvgIpc) is 3.30. The Hall–Kier alpha value is -4.60. The van der Waals surface area contributed by atoms with Crippen molar-refractivity contribution in [3.8, 4) is 11.3 Å². The van der Waals surface area contributed by atoms with Gasteiger partial charge in [0.05, 0.1) is 17.5 Å². The molecule has 1 aromatic carbocycles. The molecule has 37 heavy (non-hydrogen) atoms. The molecule has 1 aliphatic heterocycles. The number of hydrogen-bond donors (Lipinski definition) is 2. The Morgan fingerprint density at radius 3 is 2.68 bits per heavy atom. The quantitative estimate of drug-likeness (QED) is 0.402. The van der Waals surface area contributed by atoms with Crippen LogP contribution in [0.5, 0.6) is 0 Å². The van der Waals surface area contributed by atoms with Crippen molar-refractivity contribution in [2.45, 2.75) is 38.8 Å². The highest BCUT2D eigenvalue weighted by atomic mass is 16.2. The summed E-state index contributed by atoms with van der Waals surface area (Å²) in [5, 5.41) is 8.42. The van der Waals surface area contributed by atoms with Crippen LogP contribution in [0, 0.1) is 6.92 Å². The van der Waals surface area contributed by atoms with Crippen LogP contribution in [0.15, 0.2) is 61.6 Å². The van der Waals surface area contributed by atoms with Crippen molar-refractivity contribution < 1.29 is 9.59 Å². The number of nitrogens with one attached hydrogen (secondary N) is 1. The molecule has 1 aliphatic rings. The van der Waals surface area contributed by atoms with Gasteiger partial charge in [0.1, 0.15) is 23.7 Å². The molecule has 0 saturated carbocycles. The number of carbonyl (C=O) groups is 2. The number of piperidine rings is 1. The highest BCUT2D eigenvalue weighted by Crippen LogP contribution is 2.36. The lowest BCUT2D eigenvalue weighted by molar-refractivity contribution is -0.130. The number of amides is 2. The molecule has 0 bridgehead atoms. The molecule has 3 N–H and O–H groups in total. The van der Waals surface area contributed by atoms with E-state index in [1.54, 1.807) is 18.3 Å². The second-order valence-electron chi connectivity index (χ2n) is 9.14. The number of rotatable bonds is 5. The molecule has 0 spiro atoms. The lowest BCUT2D eigenvalue weighted by Gasteiger charge is -2.39. The number of hydrogen-bond acceptors (Lipinski definition) is 7. The van der Waals surface area contributed by atoms with Crippen LogP contribution < -0.4 is 11.1 Å². The first kappa shape index (κ1) is 24.1. The van der Waals surface area contributed by atoms with E-state index in [1.807, 2.05) is 47.7 Å². The summed E-state index contributed by atoms with van der Waals surface area (Å²) in [6.45, 7) is 8.21. The summed E-state index contributed by atoms with van der Waals surface area (Å²) in [4.78, 5) is 39.9. The fraction of sp³-hybridized carbons (Fsp3) is 0.259. The van der Waals surface area contributed by atoms with Crippen LogP contribution in [0.1, 0.15) is 41.7 Å². The highest BCUT2D eigenvalue weighted by Gasteiger charge is 2.34. The van der Waals surface area contributed by atoms with Crippen LogP contribution in [0.25, 0.3) is 22.3 Å². The molecule has 4 aromatic rings. The number of benzene rings is 1. The smallest absolute Gasteiger partial charge is 0.256 e. The molecule has 2 amide bonds. The van der Waals surface area contributed by atoms with Gasteiger partial charge in [0.2, 0.25) is 5.91 Å². The first-order valence-electron chi connectivity index (χ1n) is 12.1. The number of likely N-dealkylation sites (tertiary alicyclic amines) is 1. The molecule has 10 heteroatoms. The van der Waals surface area contributed by atoms with Crippen molar-refractivity contribution in [3.63, 3.8) is 0 Å². The van der Waals surface area contributed by atoms with Gasteiger partial charge in [-0.15, -0.1) is 0 Å². The number of aromatic nitrogens is 5. The largest absolute Gasteiger partial charge is 0.383 e. The van der Waals surface area contributed by atoms with Crippen molar-refractivity contribution in [1.29, 1.82) is 0 Å². The fourth-order valence-electron chi connectivity index (χ4n) is 4.88. The molecule has 1 fully saturated rings. The van der Waals surface area contributed by atoms with Gasteiger partial charge in [-0.1, -0.05) is 24.8 Å². The Morgan fingerprint density at radius 1 is 1.16 bits per heavy atom. The summed E-state index contributed by atoms with van der Waals surface area (Å²) in [5.74, 6) is 0.491. The summed E-state index contributed by atoms with van der Waals surface area (Å²) in [7, 11) is 0. The summed E-state index contributed by atoms with van der Waals surface area (Å²) in [5.41, 5.74) is 9.67. The van der Waals surface area contributed by atoms with E-state index in [1.165, 1.54) is 12.4 Å². The van der Waals surface area contributed by atoms with Gasteiger partial charge in [-0.25, -0.2) is 19.6 Å². The Kier molecular flexibility index (Phi) is 6.39. The van der Waals surface area contributed by atoms with E-state index < -0.39 is 0 Å². The fourth-order valence-corrected chi connectivity index (χ4v) is 4.88. The Bertz CT molecular complexity index is 1490. The molecule has 2 atom stereocenters. The summed E-state index contributed by atoms with van der Waals surface area (Å²) < 4.78 is 1.86. The number of nitrogens with two attached hydrogens (primary N) is 1. The van der Waals surface area contributed by atoms with E-state index in [4.69, 9.17) is 10.8 Å². The zero-order valence-electron chi connectivity index (χ0n) is 20.8. The van der Waals surface area contributed by atoms with Crippen LogP contribution in [-0.4, -0.2) is 54.0 Å². The molecule has 1 saturated heterocycles. The lowest BCUT2D eigenvalue weighted by Crippen LogP contribution is -2.47. The average molecular weight is 497 g/mol. The van der Waals surface area contributed by atoms with Gasteiger partial charge in [-0.2, -0.15) is 5.10 Å². The van der Waals surface area contributed by atoms with Gasteiger partial charge in [0.15, 0.2) is 5.65 Å². The van der Waals surface area contributed by atoms with E-state index in [2.05, 4.69) is 26.8 Å². The number of anilines is 2. The zero-order chi connectivity index (χ0) is 26.1. The maximum atomic E-state index is 12.8. The molecule has 0 radical (unpaired) electrons. The van der Waals surface area contributed by atoms with Gasteiger partial charge < -0.3 is 16.0 Å². The standard InChI is InChI=1S/C27H28N8O2/c1-4-21(36)34-14-6-8-20(17(34)3)35-26-22(24(28)30-15-31-26)23(33-35)18-9-11-19(12-10-18)27(37)32-25-16(2)7-5-13-29-25/h4-5,7,9-13,15,17,20H,1,6,8,14H2,2-3H3,(H2,28,30,31)(H,29,32,37)/t17-,20?/m1/s1. The monoisotopic (exact) mass is 496 g/mol. The lowest BCUT2D eigenvalue weighted by atomic mass is 9.97. The van der Waals surface area contributed by atoms with Gasteiger partial charge in [0, 0.05) is 23.9 Å². The number of carbonyl (C=O) groups excluding carboxylic acids is 2. The van der Waals surface area contributed by atoms with Crippen LogP contribution in [-0.2, 0) is 4.79 Å².